The minimum atomic E-state index is -0.140. The second-order valence-corrected chi connectivity index (χ2v) is 7.35. The normalized spacial score (nSPS) is 16.3. The molecule has 30 heavy (non-hydrogen) atoms. The van der Waals surface area contributed by atoms with Gasteiger partial charge in [0.25, 0.3) is 0 Å². The van der Waals surface area contributed by atoms with E-state index in [0.29, 0.717) is 6.61 Å². The Bertz CT molecular complexity index is 975. The predicted molar refractivity (Wildman–Crippen MR) is 116 cm³/mol. The van der Waals surface area contributed by atoms with Crippen LogP contribution in [0.15, 0.2) is 72.8 Å². The van der Waals surface area contributed by atoms with E-state index in [-0.39, 0.29) is 12.7 Å². The average Bonchev–Trinajstić information content (AvgIpc) is 2.97. The molecule has 5 nitrogen and oxygen atoms in total. The SMILES string of the molecule is COc1ccccc1C1CN(Cc2cccc(OCCO)c2)Cc2ccccc2O1. The summed E-state index contributed by atoms with van der Waals surface area (Å²) in [6, 6.07) is 24.3. The molecule has 5 heteroatoms. The summed E-state index contributed by atoms with van der Waals surface area (Å²) in [4.78, 5) is 2.38. The molecule has 0 aromatic heterocycles. The van der Waals surface area contributed by atoms with E-state index >= 15 is 0 Å². The highest BCUT2D eigenvalue weighted by Crippen LogP contribution is 2.35. The van der Waals surface area contributed by atoms with Gasteiger partial charge in [0.1, 0.15) is 30.0 Å². The van der Waals surface area contributed by atoms with Gasteiger partial charge in [-0.25, -0.2) is 0 Å². The smallest absolute Gasteiger partial charge is 0.140 e. The van der Waals surface area contributed by atoms with Gasteiger partial charge in [-0.1, -0.05) is 48.5 Å². The molecule has 1 unspecified atom stereocenters. The Balaban J connectivity index is 1.61. The lowest BCUT2D eigenvalue weighted by molar-refractivity contribution is 0.141. The highest BCUT2D eigenvalue weighted by Gasteiger charge is 2.26. The van der Waals surface area contributed by atoms with Gasteiger partial charge in [0.2, 0.25) is 0 Å². The monoisotopic (exact) mass is 405 g/mol. The molecule has 0 saturated carbocycles. The molecule has 1 N–H and O–H groups in total. The van der Waals surface area contributed by atoms with Gasteiger partial charge in [-0.15, -0.1) is 0 Å². The summed E-state index contributed by atoms with van der Waals surface area (Å²) in [5.74, 6) is 2.52. The Labute approximate surface area is 177 Å². The number of nitrogens with zero attached hydrogens (tertiary/aromatic N) is 1. The van der Waals surface area contributed by atoms with Crippen LogP contribution in [0.2, 0.25) is 0 Å². The number of fused-ring (bicyclic) bond motifs is 1. The van der Waals surface area contributed by atoms with Gasteiger partial charge in [-0.05, 0) is 29.8 Å². The summed E-state index contributed by atoms with van der Waals surface area (Å²) in [6.45, 7) is 2.59. The molecule has 0 aliphatic carbocycles. The van der Waals surface area contributed by atoms with Crippen molar-refractivity contribution in [1.29, 1.82) is 0 Å². The Morgan fingerprint density at radius 3 is 2.73 bits per heavy atom. The van der Waals surface area contributed by atoms with Gasteiger partial charge in [0.05, 0.1) is 13.7 Å². The molecule has 0 fully saturated rings. The molecular formula is C25H27NO4. The first-order chi connectivity index (χ1) is 14.8. The van der Waals surface area contributed by atoms with Crippen molar-refractivity contribution < 1.29 is 19.3 Å². The molecule has 0 saturated heterocycles. The van der Waals surface area contributed by atoms with Crippen molar-refractivity contribution in [2.45, 2.75) is 19.2 Å². The molecular weight excluding hydrogens is 378 g/mol. The zero-order valence-electron chi connectivity index (χ0n) is 17.2. The molecule has 0 radical (unpaired) electrons. The van der Waals surface area contributed by atoms with Crippen molar-refractivity contribution in [3.8, 4) is 17.2 Å². The fourth-order valence-corrected chi connectivity index (χ4v) is 3.85. The maximum absolute atomic E-state index is 9.00. The number of aliphatic hydroxyl groups excluding tert-OH is 1. The third kappa shape index (κ3) is 4.75. The Morgan fingerprint density at radius 2 is 1.87 bits per heavy atom. The maximum Gasteiger partial charge on any atom is 0.140 e. The van der Waals surface area contributed by atoms with Crippen molar-refractivity contribution in [1.82, 2.24) is 4.90 Å². The minimum Gasteiger partial charge on any atom is -0.496 e. The van der Waals surface area contributed by atoms with Crippen molar-refractivity contribution >= 4 is 0 Å². The second kappa shape index (κ2) is 9.65. The lowest BCUT2D eigenvalue weighted by Gasteiger charge is -2.25. The van der Waals surface area contributed by atoms with Gasteiger partial charge in [-0.3, -0.25) is 4.90 Å². The molecule has 1 atom stereocenters. The molecule has 1 aliphatic heterocycles. The predicted octanol–water partition coefficient (Wildman–Crippen LogP) is 4.20. The minimum absolute atomic E-state index is 0.00502. The topological polar surface area (TPSA) is 51.2 Å². The van der Waals surface area contributed by atoms with Crippen LogP contribution in [0.25, 0.3) is 0 Å². The summed E-state index contributed by atoms with van der Waals surface area (Å²) < 4.78 is 17.6. The zero-order chi connectivity index (χ0) is 20.8. The van der Waals surface area contributed by atoms with Gasteiger partial charge >= 0.3 is 0 Å². The summed E-state index contributed by atoms with van der Waals surface area (Å²) >= 11 is 0. The fraction of sp³-hybridized carbons (Fsp3) is 0.280. The first-order valence-electron chi connectivity index (χ1n) is 10.2. The quantitative estimate of drug-likeness (QED) is 0.638. The number of ether oxygens (including phenoxy) is 3. The molecule has 4 rings (SSSR count). The number of hydrogen-bond acceptors (Lipinski definition) is 5. The third-order valence-electron chi connectivity index (χ3n) is 5.21. The van der Waals surface area contributed by atoms with Crippen LogP contribution < -0.4 is 14.2 Å². The summed E-state index contributed by atoms with van der Waals surface area (Å²) in [5, 5.41) is 9.00. The maximum atomic E-state index is 9.00. The molecule has 0 spiro atoms. The van der Waals surface area contributed by atoms with Crippen molar-refractivity contribution in [3.63, 3.8) is 0 Å². The van der Waals surface area contributed by atoms with Crippen LogP contribution in [0.1, 0.15) is 22.8 Å². The van der Waals surface area contributed by atoms with Crippen LogP contribution in [-0.4, -0.2) is 36.9 Å². The van der Waals surface area contributed by atoms with Crippen molar-refractivity contribution in [3.05, 3.63) is 89.5 Å². The fourth-order valence-electron chi connectivity index (χ4n) is 3.85. The van der Waals surface area contributed by atoms with Crippen LogP contribution in [0, 0.1) is 0 Å². The van der Waals surface area contributed by atoms with Crippen LogP contribution in [-0.2, 0) is 13.1 Å². The van der Waals surface area contributed by atoms with Crippen LogP contribution in [0.3, 0.4) is 0 Å². The van der Waals surface area contributed by atoms with Crippen LogP contribution in [0.5, 0.6) is 17.2 Å². The standard InChI is InChI=1S/C25H27NO4/c1-28-24-12-5-3-10-22(24)25-18-26(17-20-8-2-4-11-23(20)30-25)16-19-7-6-9-21(15-19)29-14-13-27/h2-12,15,25,27H,13-14,16-18H2,1H3. The van der Waals surface area contributed by atoms with E-state index in [1.54, 1.807) is 7.11 Å². The van der Waals surface area contributed by atoms with Crippen molar-refractivity contribution in [2.75, 3.05) is 26.9 Å². The number of benzene rings is 3. The number of aliphatic hydroxyl groups is 1. The zero-order valence-corrected chi connectivity index (χ0v) is 17.2. The largest absolute Gasteiger partial charge is 0.496 e. The van der Waals surface area contributed by atoms with Gasteiger partial charge in [0.15, 0.2) is 0 Å². The van der Waals surface area contributed by atoms with Crippen LogP contribution in [0.4, 0.5) is 0 Å². The van der Waals surface area contributed by atoms with E-state index in [4.69, 9.17) is 19.3 Å². The van der Waals surface area contributed by atoms with E-state index in [2.05, 4.69) is 23.1 Å². The van der Waals surface area contributed by atoms with E-state index < -0.39 is 0 Å². The lowest BCUT2D eigenvalue weighted by Crippen LogP contribution is -2.28. The Hall–Kier alpha value is -3.02. The summed E-state index contributed by atoms with van der Waals surface area (Å²) in [7, 11) is 1.69. The van der Waals surface area contributed by atoms with Gasteiger partial charge in [-0.2, -0.15) is 0 Å². The Morgan fingerprint density at radius 1 is 1.03 bits per heavy atom. The number of para-hydroxylation sites is 2. The second-order valence-electron chi connectivity index (χ2n) is 7.35. The summed E-state index contributed by atoms with van der Waals surface area (Å²) in [6.07, 6.45) is -0.140. The average molecular weight is 405 g/mol. The third-order valence-corrected chi connectivity index (χ3v) is 5.21. The molecule has 1 aliphatic rings. The Kier molecular flexibility index (Phi) is 6.52. The number of hydrogen-bond donors (Lipinski definition) is 1. The van der Waals surface area contributed by atoms with Gasteiger partial charge < -0.3 is 19.3 Å². The molecule has 0 amide bonds. The highest BCUT2D eigenvalue weighted by atomic mass is 16.5. The molecule has 3 aromatic rings. The van der Waals surface area contributed by atoms with E-state index in [0.717, 1.165) is 48.0 Å². The lowest BCUT2D eigenvalue weighted by atomic mass is 10.1. The molecule has 156 valence electrons. The van der Waals surface area contributed by atoms with E-state index in [9.17, 15) is 0 Å². The first kappa shape index (κ1) is 20.3. The van der Waals surface area contributed by atoms with E-state index in [1.807, 2.05) is 54.6 Å². The number of rotatable bonds is 7. The molecule has 1 heterocycles. The summed E-state index contributed by atoms with van der Waals surface area (Å²) in [5.41, 5.74) is 3.37. The first-order valence-corrected chi connectivity index (χ1v) is 10.2. The van der Waals surface area contributed by atoms with Gasteiger partial charge in [0, 0.05) is 30.8 Å². The van der Waals surface area contributed by atoms with Crippen LogP contribution >= 0.6 is 0 Å². The molecule has 0 bridgehead atoms. The van der Waals surface area contributed by atoms with E-state index in [1.165, 1.54) is 5.56 Å². The highest BCUT2D eigenvalue weighted by molar-refractivity contribution is 5.39. The van der Waals surface area contributed by atoms with Crippen molar-refractivity contribution in [2.24, 2.45) is 0 Å². The molecule has 3 aromatic carbocycles. The number of methoxy groups -OCH3 is 1.